The number of rotatable bonds is 4. The standard InChI is InChI=1S/C11H22N2O/c1-9(2)8-11(14)13-12-10-6-4-3-5-7-10/h9-10,12H,3-8H2,1-2H3,(H,13,14). The molecule has 0 heterocycles. The molecule has 1 rings (SSSR count). The SMILES string of the molecule is CC(C)CC(=O)NNC1CCCCC1. The minimum Gasteiger partial charge on any atom is -0.291 e. The van der Waals surface area contributed by atoms with Crippen molar-refractivity contribution >= 4 is 5.91 Å². The van der Waals surface area contributed by atoms with Crippen molar-refractivity contribution in [1.29, 1.82) is 0 Å². The molecule has 3 nitrogen and oxygen atoms in total. The number of amides is 1. The fourth-order valence-corrected chi connectivity index (χ4v) is 1.85. The second kappa shape index (κ2) is 6.02. The number of nitrogens with one attached hydrogen (secondary N) is 2. The highest BCUT2D eigenvalue weighted by Crippen LogP contribution is 2.16. The third-order valence-corrected chi connectivity index (χ3v) is 2.61. The molecule has 0 bridgehead atoms. The maximum Gasteiger partial charge on any atom is 0.234 e. The first kappa shape index (κ1) is 11.5. The summed E-state index contributed by atoms with van der Waals surface area (Å²) < 4.78 is 0. The van der Waals surface area contributed by atoms with Crippen LogP contribution in [0.1, 0.15) is 52.4 Å². The number of hydrazine groups is 1. The van der Waals surface area contributed by atoms with Crippen LogP contribution in [-0.2, 0) is 4.79 Å². The second-order valence-electron chi connectivity index (χ2n) is 4.63. The average molecular weight is 198 g/mol. The van der Waals surface area contributed by atoms with Crippen molar-refractivity contribution in [3.63, 3.8) is 0 Å². The Morgan fingerprint density at radius 2 is 1.93 bits per heavy atom. The second-order valence-corrected chi connectivity index (χ2v) is 4.63. The molecule has 1 aliphatic carbocycles. The van der Waals surface area contributed by atoms with Gasteiger partial charge >= 0.3 is 0 Å². The lowest BCUT2D eigenvalue weighted by Crippen LogP contribution is -2.45. The van der Waals surface area contributed by atoms with Gasteiger partial charge in [-0.2, -0.15) is 0 Å². The summed E-state index contributed by atoms with van der Waals surface area (Å²) in [6.07, 6.45) is 6.93. The molecule has 0 aliphatic heterocycles. The minimum atomic E-state index is 0.116. The molecular weight excluding hydrogens is 176 g/mol. The van der Waals surface area contributed by atoms with Gasteiger partial charge in [0.1, 0.15) is 0 Å². The van der Waals surface area contributed by atoms with Crippen molar-refractivity contribution in [2.75, 3.05) is 0 Å². The molecule has 0 unspecified atom stereocenters. The first-order valence-electron chi connectivity index (χ1n) is 5.73. The van der Waals surface area contributed by atoms with E-state index in [4.69, 9.17) is 0 Å². The first-order valence-corrected chi connectivity index (χ1v) is 5.73. The van der Waals surface area contributed by atoms with Gasteiger partial charge in [0.2, 0.25) is 5.91 Å². The van der Waals surface area contributed by atoms with Crippen LogP contribution in [0.15, 0.2) is 0 Å². The van der Waals surface area contributed by atoms with Crippen LogP contribution in [0.25, 0.3) is 0 Å². The molecule has 1 saturated carbocycles. The molecule has 0 aromatic rings. The molecule has 0 spiro atoms. The van der Waals surface area contributed by atoms with Gasteiger partial charge in [0, 0.05) is 12.5 Å². The fourth-order valence-electron chi connectivity index (χ4n) is 1.85. The Morgan fingerprint density at radius 1 is 1.29 bits per heavy atom. The monoisotopic (exact) mass is 198 g/mol. The van der Waals surface area contributed by atoms with Crippen LogP contribution in [0.4, 0.5) is 0 Å². The molecule has 14 heavy (non-hydrogen) atoms. The van der Waals surface area contributed by atoms with E-state index in [2.05, 4.69) is 24.7 Å². The summed E-state index contributed by atoms with van der Waals surface area (Å²) in [4.78, 5) is 11.3. The molecule has 82 valence electrons. The summed E-state index contributed by atoms with van der Waals surface area (Å²) in [6, 6.07) is 0.500. The Balaban J connectivity index is 2.09. The Labute approximate surface area is 86.6 Å². The van der Waals surface area contributed by atoms with Crippen LogP contribution >= 0.6 is 0 Å². The van der Waals surface area contributed by atoms with Gasteiger partial charge in [-0.25, -0.2) is 5.43 Å². The van der Waals surface area contributed by atoms with Gasteiger partial charge in [-0.3, -0.25) is 10.2 Å². The quantitative estimate of drug-likeness (QED) is 0.678. The lowest BCUT2D eigenvalue weighted by molar-refractivity contribution is -0.123. The third kappa shape index (κ3) is 4.61. The van der Waals surface area contributed by atoms with E-state index in [1.54, 1.807) is 0 Å². The van der Waals surface area contributed by atoms with Gasteiger partial charge in [-0.1, -0.05) is 33.1 Å². The average Bonchev–Trinajstić information content (AvgIpc) is 2.15. The van der Waals surface area contributed by atoms with E-state index in [1.807, 2.05) is 0 Å². The van der Waals surface area contributed by atoms with Crippen LogP contribution < -0.4 is 10.9 Å². The van der Waals surface area contributed by atoms with Crippen LogP contribution in [0.5, 0.6) is 0 Å². The topological polar surface area (TPSA) is 41.1 Å². The normalized spacial score (nSPS) is 18.5. The van der Waals surface area contributed by atoms with Gasteiger partial charge < -0.3 is 0 Å². The van der Waals surface area contributed by atoms with Crippen LogP contribution in [0.2, 0.25) is 0 Å². The zero-order valence-electron chi connectivity index (χ0n) is 9.31. The van der Waals surface area contributed by atoms with Gasteiger partial charge in [0.15, 0.2) is 0 Å². The van der Waals surface area contributed by atoms with Crippen molar-refractivity contribution in [2.24, 2.45) is 5.92 Å². The van der Waals surface area contributed by atoms with E-state index in [9.17, 15) is 4.79 Å². The molecule has 0 saturated heterocycles. The molecule has 0 aromatic carbocycles. The maximum atomic E-state index is 11.3. The first-order chi connectivity index (χ1) is 6.68. The zero-order valence-corrected chi connectivity index (χ0v) is 9.31. The largest absolute Gasteiger partial charge is 0.291 e. The predicted octanol–water partition coefficient (Wildman–Crippen LogP) is 1.99. The van der Waals surface area contributed by atoms with E-state index in [0.717, 1.165) is 0 Å². The lowest BCUT2D eigenvalue weighted by atomic mass is 9.96. The Kier molecular flexibility index (Phi) is 4.94. The molecular formula is C11H22N2O. The summed E-state index contributed by atoms with van der Waals surface area (Å²) in [7, 11) is 0. The summed E-state index contributed by atoms with van der Waals surface area (Å²) in [5.74, 6) is 0.550. The highest BCUT2D eigenvalue weighted by atomic mass is 16.2. The third-order valence-electron chi connectivity index (χ3n) is 2.61. The lowest BCUT2D eigenvalue weighted by Gasteiger charge is -2.23. The Hall–Kier alpha value is -0.570. The van der Waals surface area contributed by atoms with Crippen molar-refractivity contribution in [2.45, 2.75) is 58.4 Å². The van der Waals surface area contributed by atoms with Gasteiger partial charge in [-0.05, 0) is 18.8 Å². The maximum absolute atomic E-state index is 11.3. The minimum absolute atomic E-state index is 0.116. The molecule has 0 aromatic heterocycles. The van der Waals surface area contributed by atoms with Crippen molar-refractivity contribution in [3.8, 4) is 0 Å². The number of hydrogen-bond donors (Lipinski definition) is 2. The van der Waals surface area contributed by atoms with Crippen LogP contribution in [0, 0.1) is 5.92 Å². The number of carbonyl (C=O) groups is 1. The highest BCUT2D eigenvalue weighted by molar-refractivity contribution is 5.75. The van der Waals surface area contributed by atoms with E-state index in [0.29, 0.717) is 18.4 Å². The fraction of sp³-hybridized carbons (Fsp3) is 0.909. The Bertz CT molecular complexity index is 174. The molecule has 2 N–H and O–H groups in total. The molecule has 0 radical (unpaired) electrons. The molecule has 1 aliphatic rings. The number of hydrogen-bond acceptors (Lipinski definition) is 2. The summed E-state index contributed by atoms with van der Waals surface area (Å²) >= 11 is 0. The van der Waals surface area contributed by atoms with E-state index < -0.39 is 0 Å². The van der Waals surface area contributed by atoms with E-state index in [1.165, 1.54) is 32.1 Å². The van der Waals surface area contributed by atoms with Crippen molar-refractivity contribution in [3.05, 3.63) is 0 Å². The van der Waals surface area contributed by atoms with Gasteiger partial charge in [0.25, 0.3) is 0 Å². The smallest absolute Gasteiger partial charge is 0.234 e. The summed E-state index contributed by atoms with van der Waals surface area (Å²) in [6.45, 7) is 4.11. The molecule has 1 amide bonds. The number of carbonyl (C=O) groups excluding carboxylic acids is 1. The zero-order chi connectivity index (χ0) is 10.4. The summed E-state index contributed by atoms with van der Waals surface area (Å²) in [5, 5.41) is 0. The van der Waals surface area contributed by atoms with Crippen molar-refractivity contribution < 1.29 is 4.79 Å². The highest BCUT2D eigenvalue weighted by Gasteiger charge is 2.13. The molecule has 0 atom stereocenters. The summed E-state index contributed by atoms with van der Waals surface area (Å²) in [5.41, 5.74) is 5.92. The predicted molar refractivity (Wildman–Crippen MR) is 57.6 cm³/mol. The van der Waals surface area contributed by atoms with E-state index >= 15 is 0 Å². The van der Waals surface area contributed by atoms with Crippen LogP contribution in [-0.4, -0.2) is 11.9 Å². The van der Waals surface area contributed by atoms with Crippen molar-refractivity contribution in [1.82, 2.24) is 10.9 Å². The Morgan fingerprint density at radius 3 is 2.50 bits per heavy atom. The van der Waals surface area contributed by atoms with E-state index in [-0.39, 0.29) is 5.91 Å². The molecule has 3 heteroatoms. The van der Waals surface area contributed by atoms with Gasteiger partial charge in [0.05, 0.1) is 0 Å². The van der Waals surface area contributed by atoms with Gasteiger partial charge in [-0.15, -0.1) is 0 Å². The van der Waals surface area contributed by atoms with Crippen LogP contribution in [0.3, 0.4) is 0 Å². The molecule has 1 fully saturated rings.